The largest absolute Gasteiger partial charge is 0.394 e. The number of nitrogens with one attached hydrogen (secondary N) is 4. The Balaban J connectivity index is 2.46. The predicted molar refractivity (Wildman–Crippen MR) is 89.8 cm³/mol. The van der Waals surface area contributed by atoms with Crippen molar-refractivity contribution in [3.8, 4) is 0 Å². The molecular weight excluding hydrogens is 332 g/mol. The lowest BCUT2D eigenvalue weighted by molar-refractivity contribution is -0.150. The van der Waals surface area contributed by atoms with Crippen LogP contribution in [0.1, 0.15) is 40.5 Å². The Hall–Kier alpha value is -0.850. The van der Waals surface area contributed by atoms with Crippen molar-refractivity contribution < 1.29 is 30.3 Å². The molecule has 25 heavy (non-hydrogen) atoms. The van der Waals surface area contributed by atoms with E-state index in [4.69, 9.17) is 5.11 Å². The fraction of sp³-hybridized carbons (Fsp3) is 0.933. The molecule has 1 fully saturated rings. The number of aliphatic hydroxyl groups excluding tert-OH is 5. The molecule has 0 aromatic rings. The number of hydrazine groups is 2. The van der Waals surface area contributed by atoms with E-state index in [0.717, 1.165) is 12.8 Å². The summed E-state index contributed by atoms with van der Waals surface area (Å²) in [6.07, 6.45) is -5.85. The number of piperidine rings is 1. The van der Waals surface area contributed by atoms with Gasteiger partial charge >= 0.3 is 0 Å². The number of carbonyl (C=O) groups excluding carboxylic acids is 1. The maximum atomic E-state index is 11.8. The molecule has 1 amide bonds. The normalized spacial score (nSPS) is 25.0. The second kappa shape index (κ2) is 8.69. The third-order valence-corrected chi connectivity index (χ3v) is 4.18. The van der Waals surface area contributed by atoms with Gasteiger partial charge in [0.05, 0.1) is 6.61 Å². The lowest BCUT2D eigenvalue weighted by atomic mass is 9.80. The van der Waals surface area contributed by atoms with Gasteiger partial charge in [-0.3, -0.25) is 10.2 Å². The van der Waals surface area contributed by atoms with E-state index in [1.807, 2.05) is 0 Å². The number of hydrogen-bond donors (Lipinski definition) is 9. The van der Waals surface area contributed by atoms with E-state index >= 15 is 0 Å². The van der Waals surface area contributed by atoms with Crippen LogP contribution in [0.3, 0.4) is 0 Å². The molecule has 0 spiro atoms. The van der Waals surface area contributed by atoms with Crippen molar-refractivity contribution in [2.24, 2.45) is 0 Å². The van der Waals surface area contributed by atoms with Crippen molar-refractivity contribution in [1.29, 1.82) is 0 Å². The molecule has 9 N–H and O–H groups in total. The van der Waals surface area contributed by atoms with Crippen LogP contribution in [-0.4, -0.2) is 79.6 Å². The molecule has 0 radical (unpaired) electrons. The van der Waals surface area contributed by atoms with Crippen LogP contribution < -0.4 is 21.7 Å². The number of rotatable bonds is 8. The molecule has 4 unspecified atom stereocenters. The van der Waals surface area contributed by atoms with E-state index in [9.17, 15) is 25.2 Å². The van der Waals surface area contributed by atoms with Crippen LogP contribution in [0.5, 0.6) is 0 Å². The first-order valence-corrected chi connectivity index (χ1v) is 8.31. The number of aliphatic hydroxyl groups is 5. The average Bonchev–Trinajstić information content (AvgIpc) is 2.48. The second-order valence-corrected chi connectivity index (χ2v) is 7.93. The molecule has 1 heterocycles. The van der Waals surface area contributed by atoms with Crippen LogP contribution in [-0.2, 0) is 4.79 Å². The molecule has 1 aliphatic rings. The van der Waals surface area contributed by atoms with Gasteiger partial charge in [0.15, 0.2) is 6.10 Å². The van der Waals surface area contributed by atoms with Gasteiger partial charge in [-0.1, -0.05) is 0 Å². The van der Waals surface area contributed by atoms with Crippen LogP contribution in [0.15, 0.2) is 0 Å². The molecule has 1 aliphatic heterocycles. The third-order valence-electron chi connectivity index (χ3n) is 4.18. The van der Waals surface area contributed by atoms with Crippen LogP contribution in [0.25, 0.3) is 0 Å². The molecular formula is C15H32N4O6. The fourth-order valence-electron chi connectivity index (χ4n) is 3.38. The van der Waals surface area contributed by atoms with Crippen LogP contribution in [0.4, 0.5) is 0 Å². The number of carbonyl (C=O) groups is 1. The predicted octanol–water partition coefficient (Wildman–Crippen LogP) is -3.14. The Morgan fingerprint density at radius 3 is 2.08 bits per heavy atom. The van der Waals surface area contributed by atoms with E-state index < -0.39 is 36.9 Å². The Labute approximate surface area is 147 Å². The zero-order valence-corrected chi connectivity index (χ0v) is 15.2. The van der Waals surface area contributed by atoms with Crippen molar-refractivity contribution in [2.45, 2.75) is 82.1 Å². The highest BCUT2D eigenvalue weighted by molar-refractivity contribution is 5.80. The molecule has 10 nitrogen and oxygen atoms in total. The monoisotopic (exact) mass is 364 g/mol. The molecule has 1 rings (SSSR count). The van der Waals surface area contributed by atoms with Gasteiger partial charge in [0.2, 0.25) is 0 Å². The topological polar surface area (TPSA) is 166 Å². The summed E-state index contributed by atoms with van der Waals surface area (Å²) in [5, 5.41) is 50.3. The minimum atomic E-state index is -1.98. The Morgan fingerprint density at radius 1 is 1.08 bits per heavy atom. The Morgan fingerprint density at radius 2 is 1.60 bits per heavy atom. The molecule has 0 bridgehead atoms. The van der Waals surface area contributed by atoms with E-state index in [1.165, 1.54) is 0 Å². The average molecular weight is 364 g/mol. The van der Waals surface area contributed by atoms with Crippen molar-refractivity contribution in [2.75, 3.05) is 6.61 Å². The Bertz CT molecular complexity index is 432. The summed E-state index contributed by atoms with van der Waals surface area (Å²) in [6, 6.07) is 0.0513. The molecule has 0 aliphatic carbocycles. The number of hydrogen-bond acceptors (Lipinski definition) is 9. The summed E-state index contributed by atoms with van der Waals surface area (Å²) in [7, 11) is 0. The van der Waals surface area contributed by atoms with E-state index in [2.05, 4.69) is 49.4 Å². The summed E-state index contributed by atoms with van der Waals surface area (Å²) >= 11 is 0. The SMILES string of the molecule is CC1(C)CC(NNNC(=O)C(O)C(O)C(O)C(O)CO)CC(C)(C)N1. The van der Waals surface area contributed by atoms with Gasteiger partial charge in [0.1, 0.15) is 18.3 Å². The number of amides is 1. The van der Waals surface area contributed by atoms with Gasteiger partial charge < -0.3 is 30.8 Å². The highest BCUT2D eigenvalue weighted by Crippen LogP contribution is 2.28. The van der Waals surface area contributed by atoms with Gasteiger partial charge in [-0.05, 0) is 40.5 Å². The maximum absolute atomic E-state index is 11.8. The maximum Gasteiger partial charge on any atom is 0.266 e. The molecule has 4 atom stereocenters. The van der Waals surface area contributed by atoms with E-state index in [1.54, 1.807) is 0 Å². The van der Waals surface area contributed by atoms with Gasteiger partial charge in [-0.15, -0.1) is 0 Å². The highest BCUT2D eigenvalue weighted by atomic mass is 16.4. The van der Waals surface area contributed by atoms with Gasteiger partial charge in [0, 0.05) is 17.1 Å². The summed E-state index contributed by atoms with van der Waals surface area (Å²) in [4.78, 5) is 11.8. The second-order valence-electron chi connectivity index (χ2n) is 7.93. The smallest absolute Gasteiger partial charge is 0.266 e. The first-order valence-electron chi connectivity index (χ1n) is 8.31. The van der Waals surface area contributed by atoms with Crippen molar-refractivity contribution >= 4 is 5.91 Å². The first-order chi connectivity index (χ1) is 11.4. The van der Waals surface area contributed by atoms with Gasteiger partial charge in [-0.2, -0.15) is 5.53 Å². The van der Waals surface area contributed by atoms with Crippen LogP contribution in [0, 0.1) is 0 Å². The first kappa shape index (κ1) is 22.2. The minimum Gasteiger partial charge on any atom is -0.394 e. The van der Waals surface area contributed by atoms with Gasteiger partial charge in [-0.25, -0.2) is 5.43 Å². The lowest BCUT2D eigenvalue weighted by Gasteiger charge is -2.46. The molecule has 0 saturated carbocycles. The zero-order chi connectivity index (χ0) is 19.4. The van der Waals surface area contributed by atoms with Gasteiger partial charge in [0.25, 0.3) is 5.91 Å². The molecule has 1 saturated heterocycles. The Kier molecular flexibility index (Phi) is 7.71. The van der Waals surface area contributed by atoms with Crippen molar-refractivity contribution in [1.82, 2.24) is 21.7 Å². The standard InChI is InChI=1S/C15H32N4O6/c1-14(2)5-8(6-15(3,4)18-14)16-19-17-13(25)12(24)11(23)10(22)9(21)7-20/h8-12,16,18-24H,5-7H2,1-4H3,(H,17,25). The highest BCUT2D eigenvalue weighted by Gasteiger charge is 2.38. The minimum absolute atomic E-state index is 0.0513. The summed E-state index contributed by atoms with van der Waals surface area (Å²) in [5.41, 5.74) is 7.47. The summed E-state index contributed by atoms with van der Waals surface area (Å²) in [6.45, 7) is 7.50. The lowest BCUT2D eigenvalue weighted by Crippen LogP contribution is -2.65. The summed E-state index contributed by atoms with van der Waals surface area (Å²) in [5.74, 6) is -0.989. The molecule has 0 aromatic carbocycles. The van der Waals surface area contributed by atoms with Crippen molar-refractivity contribution in [3.05, 3.63) is 0 Å². The fourth-order valence-corrected chi connectivity index (χ4v) is 3.38. The zero-order valence-electron chi connectivity index (χ0n) is 15.2. The van der Waals surface area contributed by atoms with E-state index in [-0.39, 0.29) is 17.1 Å². The van der Waals surface area contributed by atoms with Crippen LogP contribution >= 0.6 is 0 Å². The molecule has 0 aromatic heterocycles. The summed E-state index contributed by atoms with van der Waals surface area (Å²) < 4.78 is 0. The third kappa shape index (κ3) is 6.76. The van der Waals surface area contributed by atoms with E-state index in [0.29, 0.717) is 0 Å². The quantitative estimate of drug-likeness (QED) is 0.202. The molecule has 10 heteroatoms. The molecule has 148 valence electrons. The van der Waals surface area contributed by atoms with Crippen LogP contribution in [0.2, 0.25) is 0 Å². The van der Waals surface area contributed by atoms with Crippen molar-refractivity contribution in [3.63, 3.8) is 0 Å².